The molecular weight excluding hydrogens is 140 g/mol. The molecule has 0 unspecified atom stereocenters. The molecule has 0 bridgehead atoms. The summed E-state index contributed by atoms with van der Waals surface area (Å²) in [5.74, 6) is 0.533. The molecule has 2 aliphatic heterocycles. The Morgan fingerprint density at radius 3 is 3.09 bits per heavy atom. The number of amidine groups is 1. The minimum atomic E-state index is -0.118. The Labute approximate surface area is 64.3 Å². The van der Waals surface area contributed by atoms with Gasteiger partial charge in [0.05, 0.1) is 0 Å². The first kappa shape index (κ1) is 6.27. The molecule has 0 radical (unpaired) electrons. The van der Waals surface area contributed by atoms with Crippen LogP contribution in [0.15, 0.2) is 26.6 Å². The van der Waals surface area contributed by atoms with E-state index in [-0.39, 0.29) is 6.17 Å². The zero-order valence-corrected chi connectivity index (χ0v) is 6.15. The van der Waals surface area contributed by atoms with Crippen LogP contribution in [0.3, 0.4) is 0 Å². The van der Waals surface area contributed by atoms with Gasteiger partial charge in [-0.1, -0.05) is 0 Å². The molecule has 0 fully saturated rings. The van der Waals surface area contributed by atoms with Gasteiger partial charge in [-0.25, -0.2) is 9.98 Å². The molecule has 0 saturated heterocycles. The lowest BCUT2D eigenvalue weighted by Gasteiger charge is -2.09. The molecule has 11 heavy (non-hydrogen) atoms. The second-order valence-electron chi connectivity index (χ2n) is 2.52. The van der Waals surface area contributed by atoms with Crippen LogP contribution in [0, 0.1) is 0 Å². The maximum atomic E-state index is 5.60. The Morgan fingerprint density at radius 1 is 1.55 bits per heavy atom. The molecule has 0 amide bonds. The van der Waals surface area contributed by atoms with Gasteiger partial charge in [-0.3, -0.25) is 4.99 Å². The van der Waals surface area contributed by atoms with Gasteiger partial charge in [-0.05, 0) is 13.0 Å². The lowest BCUT2D eigenvalue weighted by atomic mass is 10.2. The first-order valence-electron chi connectivity index (χ1n) is 3.38. The fourth-order valence-corrected chi connectivity index (χ4v) is 1.15. The summed E-state index contributed by atoms with van der Waals surface area (Å²) < 4.78 is 0. The van der Waals surface area contributed by atoms with Gasteiger partial charge in [0.15, 0.2) is 6.17 Å². The summed E-state index contributed by atoms with van der Waals surface area (Å²) in [7, 11) is 0. The second kappa shape index (κ2) is 2.02. The first-order chi connectivity index (χ1) is 5.27. The van der Waals surface area contributed by atoms with Crippen molar-refractivity contribution in [2.75, 3.05) is 0 Å². The van der Waals surface area contributed by atoms with Crippen molar-refractivity contribution in [3.8, 4) is 0 Å². The number of hydrogen-bond donors (Lipinski definition) is 1. The zero-order chi connectivity index (χ0) is 7.84. The number of nitrogens with two attached hydrogens (primary N) is 1. The predicted octanol–water partition coefficient (Wildman–Crippen LogP) is 0.113. The highest BCUT2D eigenvalue weighted by Gasteiger charge is 2.22. The summed E-state index contributed by atoms with van der Waals surface area (Å²) in [5, 5.41) is 0. The topological polar surface area (TPSA) is 63.1 Å². The summed E-state index contributed by atoms with van der Waals surface area (Å²) in [4.78, 5) is 12.1. The van der Waals surface area contributed by atoms with E-state index in [2.05, 4.69) is 15.0 Å². The van der Waals surface area contributed by atoms with E-state index in [9.17, 15) is 0 Å². The molecule has 2 N–H and O–H groups in total. The second-order valence-corrected chi connectivity index (χ2v) is 2.52. The lowest BCUT2D eigenvalue weighted by molar-refractivity contribution is 0.863. The average molecular weight is 148 g/mol. The van der Waals surface area contributed by atoms with Crippen LogP contribution in [-0.4, -0.2) is 24.1 Å². The molecule has 2 rings (SSSR count). The third-order valence-corrected chi connectivity index (χ3v) is 1.67. The van der Waals surface area contributed by atoms with Crippen LogP contribution < -0.4 is 5.73 Å². The van der Waals surface area contributed by atoms with Crippen molar-refractivity contribution in [1.29, 1.82) is 0 Å². The third-order valence-electron chi connectivity index (χ3n) is 1.67. The van der Waals surface area contributed by atoms with Gasteiger partial charge in [0.25, 0.3) is 0 Å². The molecule has 1 atom stereocenters. The van der Waals surface area contributed by atoms with Crippen molar-refractivity contribution in [3.63, 3.8) is 0 Å². The number of rotatable bonds is 0. The van der Waals surface area contributed by atoms with E-state index in [1.165, 1.54) is 6.34 Å². The van der Waals surface area contributed by atoms with Crippen molar-refractivity contribution in [2.45, 2.75) is 13.1 Å². The smallest absolute Gasteiger partial charge is 0.170 e. The van der Waals surface area contributed by atoms with Gasteiger partial charge in [-0.2, -0.15) is 0 Å². The fourth-order valence-electron chi connectivity index (χ4n) is 1.15. The minimum absolute atomic E-state index is 0.118. The maximum Gasteiger partial charge on any atom is 0.170 e. The normalized spacial score (nSPS) is 27.4. The number of hydrogen-bond acceptors (Lipinski definition) is 4. The SMILES string of the molecule is CC1=N[C@@H]2N=CN=C(N)C2=C1. The summed E-state index contributed by atoms with van der Waals surface area (Å²) in [6.07, 6.45) is 3.26. The van der Waals surface area contributed by atoms with Gasteiger partial charge < -0.3 is 5.73 Å². The predicted molar refractivity (Wildman–Crippen MR) is 45.1 cm³/mol. The Balaban J connectivity index is 2.44. The van der Waals surface area contributed by atoms with Crippen LogP contribution >= 0.6 is 0 Å². The summed E-state index contributed by atoms with van der Waals surface area (Å²) in [6.45, 7) is 1.92. The standard InChI is InChI=1S/C7H8N4/c1-4-2-5-6(8)9-3-10-7(5)11-4/h2-3,7H,1H3,(H2,8,9,10)/t7-/m0/s1. The van der Waals surface area contributed by atoms with Crippen LogP contribution in [-0.2, 0) is 0 Å². The van der Waals surface area contributed by atoms with Crippen molar-refractivity contribution >= 4 is 17.9 Å². The van der Waals surface area contributed by atoms with E-state index in [0.29, 0.717) is 5.84 Å². The molecule has 2 heterocycles. The average Bonchev–Trinajstić information content (AvgIpc) is 2.31. The number of aliphatic imine (C=N–C) groups is 3. The summed E-state index contributed by atoms with van der Waals surface area (Å²) >= 11 is 0. The molecule has 4 heteroatoms. The largest absolute Gasteiger partial charge is 0.383 e. The Morgan fingerprint density at radius 2 is 2.36 bits per heavy atom. The van der Waals surface area contributed by atoms with E-state index in [1.54, 1.807) is 0 Å². The van der Waals surface area contributed by atoms with E-state index < -0.39 is 0 Å². The fraction of sp³-hybridized carbons (Fsp3) is 0.286. The van der Waals surface area contributed by atoms with E-state index in [1.807, 2.05) is 13.0 Å². The monoisotopic (exact) mass is 148 g/mol. The van der Waals surface area contributed by atoms with Crippen LogP contribution in [0.2, 0.25) is 0 Å². The summed E-state index contributed by atoms with van der Waals surface area (Å²) in [6, 6.07) is 0. The van der Waals surface area contributed by atoms with Crippen molar-refractivity contribution in [1.82, 2.24) is 0 Å². The molecule has 0 aromatic heterocycles. The van der Waals surface area contributed by atoms with Crippen LogP contribution in [0.25, 0.3) is 0 Å². The third kappa shape index (κ3) is 0.869. The quantitative estimate of drug-likeness (QED) is 0.520. The van der Waals surface area contributed by atoms with Crippen LogP contribution in [0.1, 0.15) is 6.92 Å². The zero-order valence-electron chi connectivity index (χ0n) is 6.15. The van der Waals surface area contributed by atoms with Crippen LogP contribution in [0.4, 0.5) is 0 Å². The number of nitrogens with zero attached hydrogens (tertiary/aromatic N) is 3. The van der Waals surface area contributed by atoms with Gasteiger partial charge in [0.2, 0.25) is 0 Å². The van der Waals surface area contributed by atoms with Gasteiger partial charge >= 0.3 is 0 Å². The van der Waals surface area contributed by atoms with Crippen molar-refractivity contribution in [3.05, 3.63) is 11.6 Å². The highest BCUT2D eigenvalue weighted by molar-refractivity contribution is 6.11. The van der Waals surface area contributed by atoms with E-state index in [0.717, 1.165) is 11.3 Å². The van der Waals surface area contributed by atoms with Gasteiger partial charge in [-0.15, -0.1) is 0 Å². The molecule has 56 valence electrons. The lowest BCUT2D eigenvalue weighted by Crippen LogP contribution is -2.23. The molecule has 0 aliphatic carbocycles. The van der Waals surface area contributed by atoms with Crippen LogP contribution in [0.5, 0.6) is 0 Å². The Hall–Kier alpha value is -1.45. The van der Waals surface area contributed by atoms with E-state index >= 15 is 0 Å². The van der Waals surface area contributed by atoms with Gasteiger partial charge in [0.1, 0.15) is 12.2 Å². The highest BCUT2D eigenvalue weighted by Crippen LogP contribution is 2.17. The molecule has 0 spiro atoms. The Kier molecular flexibility index (Phi) is 1.15. The molecule has 0 aromatic carbocycles. The first-order valence-corrected chi connectivity index (χ1v) is 3.38. The maximum absolute atomic E-state index is 5.60. The molecule has 0 aromatic rings. The van der Waals surface area contributed by atoms with E-state index in [4.69, 9.17) is 5.73 Å². The number of fused-ring (bicyclic) bond motifs is 1. The number of allylic oxidation sites excluding steroid dienone is 1. The minimum Gasteiger partial charge on any atom is -0.383 e. The van der Waals surface area contributed by atoms with Crippen molar-refractivity contribution in [2.24, 2.45) is 20.7 Å². The molecule has 4 nitrogen and oxygen atoms in total. The summed E-state index contributed by atoms with van der Waals surface area (Å²) in [5.41, 5.74) is 7.48. The molecular formula is C7H8N4. The molecule has 0 saturated carbocycles. The Bertz CT molecular complexity index is 308. The van der Waals surface area contributed by atoms with Gasteiger partial charge in [0, 0.05) is 11.3 Å². The highest BCUT2D eigenvalue weighted by atomic mass is 15.1. The molecule has 2 aliphatic rings. The van der Waals surface area contributed by atoms with Crippen molar-refractivity contribution < 1.29 is 0 Å².